The number of aromatic nitrogens is 1. The molecule has 0 spiro atoms. The van der Waals surface area contributed by atoms with Crippen LogP contribution in [0.5, 0.6) is 11.5 Å². The lowest BCUT2D eigenvalue weighted by Gasteiger charge is -2.06. The first-order valence-electron chi connectivity index (χ1n) is 5.48. The molecule has 0 aliphatic carbocycles. The minimum atomic E-state index is 0.171. The Kier molecular flexibility index (Phi) is 3.86. The zero-order valence-electron chi connectivity index (χ0n) is 10.5. The van der Waals surface area contributed by atoms with E-state index in [9.17, 15) is 5.11 Å². The van der Waals surface area contributed by atoms with Gasteiger partial charge in [0.2, 0.25) is 5.13 Å². The lowest BCUT2D eigenvalue weighted by molar-refractivity contribution is 0.411. The van der Waals surface area contributed by atoms with Crippen LogP contribution in [0.25, 0.3) is 0 Å². The molecule has 100 valence electrons. The van der Waals surface area contributed by atoms with Crippen LogP contribution in [0, 0.1) is 6.92 Å². The number of nitrogens with one attached hydrogen (secondary N) is 1. The summed E-state index contributed by atoms with van der Waals surface area (Å²) in [5, 5.41) is 16.2. The standard InChI is InChI=1S/C12H14N4O2S/c1-7-3-9(18-2)4-8(11(7)17)5-14-16-12-15-10(13)6-19-12/h3-6,17H,13H2,1-2H3,(H,15,16). The summed E-state index contributed by atoms with van der Waals surface area (Å²) in [4.78, 5) is 4.00. The Morgan fingerprint density at radius 3 is 2.95 bits per heavy atom. The number of hydrogen-bond donors (Lipinski definition) is 3. The van der Waals surface area contributed by atoms with E-state index >= 15 is 0 Å². The molecule has 0 unspecified atom stereocenters. The molecular weight excluding hydrogens is 264 g/mol. The maximum Gasteiger partial charge on any atom is 0.205 e. The summed E-state index contributed by atoms with van der Waals surface area (Å²) in [6.45, 7) is 1.80. The quantitative estimate of drug-likeness (QED) is 0.589. The van der Waals surface area contributed by atoms with Crippen LogP contribution in [0.3, 0.4) is 0 Å². The molecular formula is C12H14N4O2S. The number of benzene rings is 1. The normalized spacial score (nSPS) is 10.8. The average molecular weight is 278 g/mol. The zero-order chi connectivity index (χ0) is 13.8. The van der Waals surface area contributed by atoms with Crippen LogP contribution in [0.2, 0.25) is 0 Å². The van der Waals surface area contributed by atoms with Crippen LogP contribution in [0.15, 0.2) is 22.6 Å². The maximum absolute atomic E-state index is 9.91. The van der Waals surface area contributed by atoms with E-state index in [1.165, 1.54) is 17.6 Å². The van der Waals surface area contributed by atoms with Gasteiger partial charge in [0.25, 0.3) is 0 Å². The first kappa shape index (κ1) is 13.2. The summed E-state index contributed by atoms with van der Waals surface area (Å²) >= 11 is 1.35. The number of aryl methyl sites for hydroxylation is 1. The Morgan fingerprint density at radius 1 is 1.53 bits per heavy atom. The number of ether oxygens (including phenoxy) is 1. The predicted molar refractivity (Wildman–Crippen MR) is 77.1 cm³/mol. The monoisotopic (exact) mass is 278 g/mol. The Bertz CT molecular complexity index is 610. The van der Waals surface area contributed by atoms with Crippen LogP contribution >= 0.6 is 11.3 Å². The van der Waals surface area contributed by atoms with Gasteiger partial charge >= 0.3 is 0 Å². The largest absolute Gasteiger partial charge is 0.507 e. The van der Waals surface area contributed by atoms with Crippen molar-refractivity contribution in [2.24, 2.45) is 5.10 Å². The zero-order valence-corrected chi connectivity index (χ0v) is 11.4. The fourth-order valence-corrected chi connectivity index (χ4v) is 2.03. The summed E-state index contributed by atoms with van der Waals surface area (Å²) in [7, 11) is 1.57. The van der Waals surface area contributed by atoms with E-state index in [1.807, 2.05) is 0 Å². The molecule has 6 nitrogen and oxygen atoms in total. The Balaban J connectivity index is 2.16. The number of nitrogens with zero attached hydrogens (tertiary/aromatic N) is 2. The minimum absolute atomic E-state index is 0.171. The molecule has 0 atom stereocenters. The van der Waals surface area contributed by atoms with Gasteiger partial charge in [-0.25, -0.2) is 4.98 Å². The smallest absolute Gasteiger partial charge is 0.205 e. The molecule has 19 heavy (non-hydrogen) atoms. The average Bonchev–Trinajstić information content (AvgIpc) is 2.80. The van der Waals surface area contributed by atoms with Crippen molar-refractivity contribution in [2.45, 2.75) is 6.92 Å². The van der Waals surface area contributed by atoms with Crippen molar-refractivity contribution >= 4 is 28.5 Å². The van der Waals surface area contributed by atoms with Gasteiger partial charge < -0.3 is 15.6 Å². The Morgan fingerprint density at radius 2 is 2.32 bits per heavy atom. The van der Waals surface area contributed by atoms with Crippen LogP contribution in [0.4, 0.5) is 10.9 Å². The van der Waals surface area contributed by atoms with E-state index < -0.39 is 0 Å². The van der Waals surface area contributed by atoms with Crippen molar-refractivity contribution in [3.8, 4) is 11.5 Å². The van der Waals surface area contributed by atoms with Crippen molar-refractivity contribution in [1.29, 1.82) is 0 Å². The molecule has 0 amide bonds. The van der Waals surface area contributed by atoms with Crippen molar-refractivity contribution in [3.63, 3.8) is 0 Å². The number of anilines is 2. The van der Waals surface area contributed by atoms with Gasteiger partial charge in [-0.15, -0.1) is 11.3 Å². The van der Waals surface area contributed by atoms with Crippen LogP contribution < -0.4 is 15.9 Å². The van der Waals surface area contributed by atoms with Gasteiger partial charge in [-0.3, -0.25) is 5.43 Å². The fourth-order valence-electron chi connectivity index (χ4n) is 1.48. The summed E-state index contributed by atoms with van der Waals surface area (Å²) < 4.78 is 5.14. The minimum Gasteiger partial charge on any atom is -0.507 e. The third-order valence-corrected chi connectivity index (χ3v) is 3.19. The molecule has 1 heterocycles. The van der Waals surface area contributed by atoms with Crippen molar-refractivity contribution in [1.82, 2.24) is 4.98 Å². The van der Waals surface area contributed by atoms with E-state index in [0.717, 1.165) is 5.56 Å². The molecule has 0 fully saturated rings. The van der Waals surface area contributed by atoms with Gasteiger partial charge in [0.15, 0.2) is 0 Å². The van der Waals surface area contributed by atoms with Crippen LogP contribution in [0.1, 0.15) is 11.1 Å². The van der Waals surface area contributed by atoms with E-state index in [4.69, 9.17) is 10.5 Å². The number of rotatable bonds is 4. The van der Waals surface area contributed by atoms with Gasteiger partial charge in [0.1, 0.15) is 17.3 Å². The number of aromatic hydroxyl groups is 1. The number of methoxy groups -OCH3 is 1. The Labute approximate surface area is 114 Å². The predicted octanol–water partition coefficient (Wildman–Crippen LogP) is 2.19. The molecule has 1 aromatic heterocycles. The third-order valence-electron chi connectivity index (χ3n) is 2.42. The third kappa shape index (κ3) is 3.14. The van der Waals surface area contributed by atoms with Crippen molar-refractivity contribution < 1.29 is 9.84 Å². The molecule has 4 N–H and O–H groups in total. The molecule has 7 heteroatoms. The van der Waals surface area contributed by atoms with Gasteiger partial charge in [-0.05, 0) is 24.6 Å². The summed E-state index contributed by atoms with van der Waals surface area (Å²) in [5.74, 6) is 1.28. The van der Waals surface area contributed by atoms with Gasteiger partial charge in [-0.1, -0.05) is 0 Å². The highest BCUT2D eigenvalue weighted by atomic mass is 32.1. The number of phenols is 1. The van der Waals surface area contributed by atoms with E-state index in [1.54, 1.807) is 31.5 Å². The topological polar surface area (TPSA) is 92.8 Å². The maximum atomic E-state index is 9.91. The highest BCUT2D eigenvalue weighted by molar-refractivity contribution is 7.14. The summed E-state index contributed by atoms with van der Waals surface area (Å²) in [6.07, 6.45) is 1.50. The summed E-state index contributed by atoms with van der Waals surface area (Å²) in [6, 6.07) is 3.45. The van der Waals surface area contributed by atoms with Crippen molar-refractivity contribution in [3.05, 3.63) is 28.6 Å². The van der Waals surface area contributed by atoms with Crippen LogP contribution in [-0.4, -0.2) is 23.4 Å². The number of thiazole rings is 1. The number of hydrogen-bond acceptors (Lipinski definition) is 7. The molecule has 0 aliphatic heterocycles. The number of phenolic OH excluding ortho intramolecular Hbond substituents is 1. The van der Waals surface area contributed by atoms with E-state index in [2.05, 4.69) is 15.5 Å². The number of nitrogen functional groups attached to an aromatic ring is 1. The van der Waals surface area contributed by atoms with Crippen molar-refractivity contribution in [2.75, 3.05) is 18.3 Å². The second kappa shape index (κ2) is 5.57. The molecule has 0 saturated heterocycles. The molecule has 1 aromatic carbocycles. The molecule has 0 aliphatic rings. The van der Waals surface area contributed by atoms with Gasteiger partial charge in [0.05, 0.1) is 13.3 Å². The first-order valence-corrected chi connectivity index (χ1v) is 6.36. The lowest BCUT2D eigenvalue weighted by atomic mass is 10.1. The van der Waals surface area contributed by atoms with E-state index in [0.29, 0.717) is 22.3 Å². The fraction of sp³-hybridized carbons (Fsp3) is 0.167. The number of hydrazone groups is 1. The molecule has 0 saturated carbocycles. The summed E-state index contributed by atoms with van der Waals surface area (Å²) in [5.41, 5.74) is 9.52. The van der Waals surface area contributed by atoms with Gasteiger partial charge in [0, 0.05) is 10.9 Å². The number of nitrogens with two attached hydrogens (primary N) is 1. The Hall–Kier alpha value is -2.28. The molecule has 0 radical (unpaired) electrons. The molecule has 2 rings (SSSR count). The van der Waals surface area contributed by atoms with Crippen LogP contribution in [-0.2, 0) is 0 Å². The highest BCUT2D eigenvalue weighted by Crippen LogP contribution is 2.26. The highest BCUT2D eigenvalue weighted by Gasteiger charge is 2.05. The second-order valence-corrected chi connectivity index (χ2v) is 4.69. The first-order chi connectivity index (χ1) is 9.10. The second-order valence-electron chi connectivity index (χ2n) is 3.83. The molecule has 2 aromatic rings. The van der Waals surface area contributed by atoms with E-state index in [-0.39, 0.29) is 5.75 Å². The van der Waals surface area contributed by atoms with Gasteiger partial charge in [-0.2, -0.15) is 5.10 Å². The lowest BCUT2D eigenvalue weighted by Crippen LogP contribution is -1.94. The SMILES string of the molecule is COc1cc(C)c(O)c(C=NNc2nc(N)cs2)c1. The molecule has 0 bridgehead atoms.